The Balaban J connectivity index is 1.69. The molecule has 0 aliphatic carbocycles. The van der Waals surface area contributed by atoms with E-state index in [0.29, 0.717) is 12.0 Å². The maximum Gasteiger partial charge on any atom is 0.258 e. The summed E-state index contributed by atoms with van der Waals surface area (Å²) in [4.78, 5) is 23.2. The molecule has 5 nitrogen and oxygen atoms in total. The molecule has 0 bridgehead atoms. The van der Waals surface area contributed by atoms with Gasteiger partial charge in [0, 0.05) is 22.4 Å². The van der Waals surface area contributed by atoms with Gasteiger partial charge in [0.15, 0.2) is 0 Å². The molecular weight excluding hydrogens is 380 g/mol. The van der Waals surface area contributed by atoms with Crippen LogP contribution in [0.3, 0.4) is 0 Å². The number of carbonyl (C=O) groups is 1. The van der Waals surface area contributed by atoms with Crippen molar-refractivity contribution in [3.63, 3.8) is 0 Å². The van der Waals surface area contributed by atoms with Gasteiger partial charge in [-0.25, -0.2) is 9.97 Å². The van der Waals surface area contributed by atoms with Crippen molar-refractivity contribution in [1.29, 1.82) is 0 Å². The molecule has 0 aliphatic heterocycles. The molecule has 0 unspecified atom stereocenters. The van der Waals surface area contributed by atoms with Crippen molar-refractivity contribution in [3.8, 4) is 0 Å². The van der Waals surface area contributed by atoms with Crippen molar-refractivity contribution < 1.29 is 4.79 Å². The summed E-state index contributed by atoms with van der Waals surface area (Å²) < 4.78 is 4.46. The van der Waals surface area contributed by atoms with Crippen LogP contribution in [0.1, 0.15) is 44.9 Å². The van der Waals surface area contributed by atoms with E-state index in [2.05, 4.69) is 26.6 Å². The first-order valence-corrected chi connectivity index (χ1v) is 10.4. The van der Waals surface area contributed by atoms with Gasteiger partial charge in [-0.3, -0.25) is 4.79 Å². The summed E-state index contributed by atoms with van der Waals surface area (Å²) in [6, 6.07) is 15.9. The van der Waals surface area contributed by atoms with E-state index in [1.54, 1.807) is 0 Å². The first-order valence-electron chi connectivity index (χ1n) is 9.63. The first kappa shape index (κ1) is 19.2. The number of amides is 1. The second-order valence-corrected chi connectivity index (χ2v) is 7.80. The van der Waals surface area contributed by atoms with Gasteiger partial charge in [0.1, 0.15) is 5.82 Å². The fourth-order valence-electron chi connectivity index (χ4n) is 3.52. The summed E-state index contributed by atoms with van der Waals surface area (Å²) in [5, 5.41) is 4.08. The Morgan fingerprint density at radius 1 is 1.03 bits per heavy atom. The van der Waals surface area contributed by atoms with Crippen molar-refractivity contribution in [1.82, 2.24) is 14.3 Å². The third kappa shape index (κ3) is 3.89. The highest BCUT2D eigenvalue weighted by molar-refractivity contribution is 7.06. The standard InChI is InChI=1S/C23H22N4OS/c1-4-16-9-5-7-11-18(16)26-23(28)22-14(2)27-29-21(22)13-20-17-10-6-8-12-19(17)24-15(3)25-20/h5-12H,4,13H2,1-3H3,(H,26,28). The maximum atomic E-state index is 13.1. The molecule has 146 valence electrons. The fourth-order valence-corrected chi connectivity index (χ4v) is 4.39. The molecule has 2 aromatic heterocycles. The molecule has 0 saturated carbocycles. The Bertz CT molecular complexity index is 1200. The van der Waals surface area contributed by atoms with E-state index in [-0.39, 0.29) is 5.91 Å². The van der Waals surface area contributed by atoms with Crippen molar-refractivity contribution in [2.75, 3.05) is 5.32 Å². The average Bonchev–Trinajstić information content (AvgIpc) is 3.08. The minimum Gasteiger partial charge on any atom is -0.322 e. The normalized spacial score (nSPS) is 11.0. The third-order valence-electron chi connectivity index (χ3n) is 4.93. The fraction of sp³-hybridized carbons (Fsp3) is 0.217. The Labute approximate surface area is 174 Å². The topological polar surface area (TPSA) is 67.8 Å². The highest BCUT2D eigenvalue weighted by Crippen LogP contribution is 2.26. The summed E-state index contributed by atoms with van der Waals surface area (Å²) in [5.41, 5.74) is 5.17. The third-order valence-corrected chi connectivity index (χ3v) is 5.86. The minimum atomic E-state index is -0.123. The van der Waals surface area contributed by atoms with Gasteiger partial charge in [-0.15, -0.1) is 0 Å². The molecule has 4 rings (SSSR count). The van der Waals surface area contributed by atoms with Crippen LogP contribution in [0.15, 0.2) is 48.5 Å². The van der Waals surface area contributed by atoms with Crippen LogP contribution in [0.2, 0.25) is 0 Å². The molecule has 0 fully saturated rings. The van der Waals surface area contributed by atoms with Crippen LogP contribution in [-0.2, 0) is 12.8 Å². The summed E-state index contributed by atoms with van der Waals surface area (Å²) in [6.45, 7) is 5.85. The Kier molecular flexibility index (Phi) is 5.36. The maximum absolute atomic E-state index is 13.1. The molecule has 2 aromatic carbocycles. The number of aryl methyl sites for hydroxylation is 3. The quantitative estimate of drug-likeness (QED) is 0.504. The number of nitrogens with one attached hydrogen (secondary N) is 1. The first-order chi connectivity index (χ1) is 14.1. The lowest BCUT2D eigenvalue weighted by Gasteiger charge is -2.11. The van der Waals surface area contributed by atoms with Gasteiger partial charge in [-0.05, 0) is 49.5 Å². The molecule has 0 atom stereocenters. The smallest absolute Gasteiger partial charge is 0.258 e. The zero-order chi connectivity index (χ0) is 20.4. The number of rotatable bonds is 5. The largest absolute Gasteiger partial charge is 0.322 e. The van der Waals surface area contributed by atoms with E-state index >= 15 is 0 Å². The molecule has 1 N–H and O–H groups in total. The van der Waals surface area contributed by atoms with Crippen molar-refractivity contribution >= 4 is 34.0 Å². The number of benzene rings is 2. The van der Waals surface area contributed by atoms with E-state index < -0.39 is 0 Å². The van der Waals surface area contributed by atoms with E-state index in [1.165, 1.54) is 11.5 Å². The van der Waals surface area contributed by atoms with Crippen molar-refractivity contribution in [3.05, 3.63) is 81.7 Å². The molecule has 6 heteroatoms. The van der Waals surface area contributed by atoms with Crippen LogP contribution >= 0.6 is 11.5 Å². The molecule has 1 amide bonds. The summed E-state index contributed by atoms with van der Waals surface area (Å²) in [6.07, 6.45) is 1.41. The van der Waals surface area contributed by atoms with Crippen LogP contribution in [0.5, 0.6) is 0 Å². The van der Waals surface area contributed by atoms with E-state index in [9.17, 15) is 4.79 Å². The number of nitrogens with zero attached hydrogens (tertiary/aromatic N) is 3. The van der Waals surface area contributed by atoms with E-state index in [1.807, 2.05) is 62.4 Å². The zero-order valence-electron chi connectivity index (χ0n) is 16.7. The number of hydrogen-bond acceptors (Lipinski definition) is 5. The summed E-state index contributed by atoms with van der Waals surface area (Å²) in [5.74, 6) is 0.602. The molecule has 0 aliphatic rings. The molecule has 4 aromatic rings. The van der Waals surface area contributed by atoms with Gasteiger partial charge in [-0.1, -0.05) is 43.3 Å². The van der Waals surface area contributed by atoms with Gasteiger partial charge in [0.2, 0.25) is 0 Å². The number of anilines is 1. The van der Waals surface area contributed by atoms with Crippen LogP contribution in [-0.4, -0.2) is 20.2 Å². The zero-order valence-corrected chi connectivity index (χ0v) is 17.5. The predicted octanol–water partition coefficient (Wildman–Crippen LogP) is 5.11. The second kappa shape index (κ2) is 8.09. The predicted molar refractivity (Wildman–Crippen MR) is 118 cm³/mol. The Hall–Kier alpha value is -3.12. The monoisotopic (exact) mass is 402 g/mol. The lowest BCUT2D eigenvalue weighted by molar-refractivity contribution is 0.102. The van der Waals surface area contributed by atoms with Crippen LogP contribution in [0, 0.1) is 13.8 Å². The highest BCUT2D eigenvalue weighted by atomic mass is 32.1. The molecule has 0 radical (unpaired) electrons. The van der Waals surface area contributed by atoms with Gasteiger partial charge in [0.25, 0.3) is 5.91 Å². The van der Waals surface area contributed by atoms with Gasteiger partial charge < -0.3 is 5.32 Å². The minimum absolute atomic E-state index is 0.123. The van der Waals surface area contributed by atoms with E-state index in [0.717, 1.165) is 50.7 Å². The Morgan fingerprint density at radius 3 is 2.62 bits per heavy atom. The Morgan fingerprint density at radius 2 is 1.79 bits per heavy atom. The van der Waals surface area contributed by atoms with Crippen molar-refractivity contribution in [2.24, 2.45) is 0 Å². The lowest BCUT2D eigenvalue weighted by atomic mass is 10.1. The number of aromatic nitrogens is 3. The number of para-hydroxylation sites is 2. The summed E-state index contributed by atoms with van der Waals surface area (Å²) >= 11 is 1.36. The van der Waals surface area contributed by atoms with Gasteiger partial charge in [-0.2, -0.15) is 4.37 Å². The van der Waals surface area contributed by atoms with Crippen LogP contribution in [0.4, 0.5) is 5.69 Å². The summed E-state index contributed by atoms with van der Waals surface area (Å²) in [7, 11) is 0. The van der Waals surface area contributed by atoms with Crippen LogP contribution < -0.4 is 5.32 Å². The highest BCUT2D eigenvalue weighted by Gasteiger charge is 2.21. The molecular formula is C23H22N4OS. The second-order valence-electron chi connectivity index (χ2n) is 6.94. The van der Waals surface area contributed by atoms with Crippen LogP contribution in [0.25, 0.3) is 10.9 Å². The average molecular weight is 403 g/mol. The number of fused-ring (bicyclic) bond motifs is 1. The molecule has 2 heterocycles. The van der Waals surface area contributed by atoms with Crippen molar-refractivity contribution in [2.45, 2.75) is 33.6 Å². The molecule has 0 saturated heterocycles. The van der Waals surface area contributed by atoms with Gasteiger partial charge in [0.05, 0.1) is 22.5 Å². The molecule has 29 heavy (non-hydrogen) atoms. The number of carbonyl (C=O) groups excluding carboxylic acids is 1. The lowest BCUT2D eigenvalue weighted by Crippen LogP contribution is -2.15. The number of hydrogen-bond donors (Lipinski definition) is 1. The SMILES string of the molecule is CCc1ccccc1NC(=O)c1c(C)nsc1Cc1nc(C)nc2ccccc12. The van der Waals surface area contributed by atoms with E-state index in [4.69, 9.17) is 0 Å². The molecule has 0 spiro atoms. The van der Waals surface area contributed by atoms with Gasteiger partial charge >= 0.3 is 0 Å².